The summed E-state index contributed by atoms with van der Waals surface area (Å²) in [5, 5.41) is 8.60. The Morgan fingerprint density at radius 1 is 1.67 bits per heavy atom. The zero-order valence-corrected chi connectivity index (χ0v) is 6.30. The Bertz CT molecular complexity index is 90.6. The molecule has 54 valence electrons. The van der Waals surface area contributed by atoms with Gasteiger partial charge in [-0.25, -0.2) is 0 Å². The maximum Gasteiger partial charge on any atom is 0.0433 e. The molecule has 1 heteroatoms. The summed E-state index contributed by atoms with van der Waals surface area (Å²) in [5.41, 5.74) is 0. The Kier molecular flexibility index (Phi) is 2.12. The minimum atomic E-state index is 0.365. The minimum Gasteiger partial charge on any atom is -0.396 e. The first-order chi connectivity index (χ1) is 4.25. The molecule has 1 aliphatic rings. The summed E-state index contributed by atoms with van der Waals surface area (Å²) in [6.45, 7) is 4.90. The van der Waals surface area contributed by atoms with Crippen molar-refractivity contribution >= 4 is 0 Å². The highest BCUT2D eigenvalue weighted by Gasteiger charge is 2.36. The fourth-order valence-corrected chi connectivity index (χ4v) is 1.56. The van der Waals surface area contributed by atoms with Gasteiger partial charge in [-0.2, -0.15) is 0 Å². The van der Waals surface area contributed by atoms with Crippen LogP contribution >= 0.6 is 0 Å². The molecule has 0 unspecified atom stereocenters. The smallest absolute Gasteiger partial charge is 0.0433 e. The van der Waals surface area contributed by atoms with Crippen LogP contribution in [0, 0.1) is 17.8 Å². The molecule has 0 aromatic heterocycles. The van der Waals surface area contributed by atoms with Crippen molar-refractivity contribution < 1.29 is 5.11 Å². The lowest BCUT2D eigenvalue weighted by molar-refractivity contribution is 0.251. The lowest BCUT2D eigenvalue weighted by atomic mass is 10.0. The van der Waals surface area contributed by atoms with Gasteiger partial charge in [-0.05, 0) is 30.6 Å². The summed E-state index contributed by atoms with van der Waals surface area (Å²) in [7, 11) is 0. The SMILES string of the molecule is C[C@H](CCO)[C@@H]1C[C@H]1C. The average molecular weight is 128 g/mol. The molecule has 0 spiro atoms. The van der Waals surface area contributed by atoms with E-state index in [1.54, 1.807) is 0 Å². The molecule has 0 bridgehead atoms. The molecule has 0 heterocycles. The second-order valence-corrected chi connectivity index (χ2v) is 3.37. The quantitative estimate of drug-likeness (QED) is 0.613. The molecular formula is C8H16O. The number of aliphatic hydroxyl groups excluding tert-OH is 1. The largest absolute Gasteiger partial charge is 0.396 e. The monoisotopic (exact) mass is 128 g/mol. The van der Waals surface area contributed by atoms with Crippen LogP contribution in [-0.2, 0) is 0 Å². The molecule has 1 aliphatic carbocycles. The van der Waals surface area contributed by atoms with Crippen LogP contribution in [-0.4, -0.2) is 11.7 Å². The molecule has 1 rings (SSSR count). The number of hydrogen-bond donors (Lipinski definition) is 1. The third-order valence-corrected chi connectivity index (χ3v) is 2.49. The molecule has 1 fully saturated rings. The molecule has 0 aliphatic heterocycles. The van der Waals surface area contributed by atoms with Gasteiger partial charge in [0.15, 0.2) is 0 Å². The van der Waals surface area contributed by atoms with Gasteiger partial charge >= 0.3 is 0 Å². The highest BCUT2D eigenvalue weighted by Crippen LogP contribution is 2.44. The summed E-state index contributed by atoms with van der Waals surface area (Å²) >= 11 is 0. The Morgan fingerprint density at radius 3 is 2.56 bits per heavy atom. The lowest BCUT2D eigenvalue weighted by Gasteiger charge is -2.06. The molecule has 9 heavy (non-hydrogen) atoms. The van der Waals surface area contributed by atoms with E-state index in [4.69, 9.17) is 5.11 Å². The Morgan fingerprint density at radius 2 is 2.22 bits per heavy atom. The Hall–Kier alpha value is -0.0400. The number of aliphatic hydroxyl groups is 1. The van der Waals surface area contributed by atoms with Crippen molar-refractivity contribution in [2.45, 2.75) is 26.7 Å². The van der Waals surface area contributed by atoms with Gasteiger partial charge < -0.3 is 5.11 Å². The summed E-state index contributed by atoms with van der Waals surface area (Å²) in [6.07, 6.45) is 2.39. The summed E-state index contributed by atoms with van der Waals surface area (Å²) in [6, 6.07) is 0. The van der Waals surface area contributed by atoms with Crippen LogP contribution in [0.5, 0.6) is 0 Å². The standard InChI is InChI=1S/C8H16O/c1-6(3-4-9)8-5-7(8)2/h6-9H,3-5H2,1-2H3/t6-,7-,8+/m1/s1. The summed E-state index contributed by atoms with van der Waals surface area (Å²) in [4.78, 5) is 0. The molecular weight excluding hydrogens is 112 g/mol. The van der Waals surface area contributed by atoms with Crippen LogP contribution in [0.1, 0.15) is 26.7 Å². The van der Waals surface area contributed by atoms with Gasteiger partial charge in [0.1, 0.15) is 0 Å². The van der Waals surface area contributed by atoms with Crippen molar-refractivity contribution in [3.05, 3.63) is 0 Å². The highest BCUT2D eigenvalue weighted by atomic mass is 16.3. The van der Waals surface area contributed by atoms with Crippen molar-refractivity contribution in [1.29, 1.82) is 0 Å². The van der Waals surface area contributed by atoms with Crippen LogP contribution in [0.3, 0.4) is 0 Å². The lowest BCUT2D eigenvalue weighted by Crippen LogP contribution is -2.00. The van der Waals surface area contributed by atoms with Crippen molar-refractivity contribution in [3.63, 3.8) is 0 Å². The predicted octanol–water partition coefficient (Wildman–Crippen LogP) is 1.66. The third-order valence-electron chi connectivity index (χ3n) is 2.49. The fourth-order valence-electron chi connectivity index (χ4n) is 1.56. The normalized spacial score (nSPS) is 36.3. The minimum absolute atomic E-state index is 0.365. The molecule has 0 aromatic carbocycles. The predicted molar refractivity (Wildman–Crippen MR) is 38.1 cm³/mol. The van der Waals surface area contributed by atoms with Crippen LogP contribution < -0.4 is 0 Å². The third kappa shape index (κ3) is 1.68. The second-order valence-electron chi connectivity index (χ2n) is 3.37. The fraction of sp³-hybridized carbons (Fsp3) is 1.00. The first-order valence-electron chi connectivity index (χ1n) is 3.86. The van der Waals surface area contributed by atoms with Crippen molar-refractivity contribution in [2.24, 2.45) is 17.8 Å². The van der Waals surface area contributed by atoms with E-state index in [1.807, 2.05) is 0 Å². The maximum atomic E-state index is 8.60. The molecule has 1 nitrogen and oxygen atoms in total. The van der Waals surface area contributed by atoms with E-state index >= 15 is 0 Å². The molecule has 1 N–H and O–H groups in total. The molecule has 3 atom stereocenters. The topological polar surface area (TPSA) is 20.2 Å². The molecule has 1 saturated carbocycles. The second kappa shape index (κ2) is 2.70. The van der Waals surface area contributed by atoms with E-state index < -0.39 is 0 Å². The van der Waals surface area contributed by atoms with Crippen molar-refractivity contribution in [3.8, 4) is 0 Å². The van der Waals surface area contributed by atoms with E-state index in [9.17, 15) is 0 Å². The molecule has 0 aromatic rings. The van der Waals surface area contributed by atoms with Gasteiger partial charge in [-0.3, -0.25) is 0 Å². The first kappa shape index (κ1) is 7.07. The van der Waals surface area contributed by atoms with Gasteiger partial charge in [-0.1, -0.05) is 13.8 Å². The molecule has 0 radical (unpaired) electrons. The van der Waals surface area contributed by atoms with Crippen LogP contribution in [0.15, 0.2) is 0 Å². The van der Waals surface area contributed by atoms with Crippen molar-refractivity contribution in [2.75, 3.05) is 6.61 Å². The summed E-state index contributed by atoms with van der Waals surface area (Å²) in [5.74, 6) is 2.62. The van der Waals surface area contributed by atoms with Gasteiger partial charge in [0, 0.05) is 6.61 Å². The van der Waals surface area contributed by atoms with Gasteiger partial charge in [0.2, 0.25) is 0 Å². The molecule has 0 saturated heterocycles. The van der Waals surface area contributed by atoms with Crippen LogP contribution in [0.2, 0.25) is 0 Å². The highest BCUT2D eigenvalue weighted by molar-refractivity contribution is 4.85. The molecule has 0 amide bonds. The summed E-state index contributed by atoms with van der Waals surface area (Å²) < 4.78 is 0. The van der Waals surface area contributed by atoms with Crippen LogP contribution in [0.4, 0.5) is 0 Å². The average Bonchev–Trinajstić information content (AvgIpc) is 2.47. The van der Waals surface area contributed by atoms with Crippen molar-refractivity contribution in [1.82, 2.24) is 0 Å². The van der Waals surface area contributed by atoms with E-state index in [1.165, 1.54) is 6.42 Å². The van der Waals surface area contributed by atoms with E-state index in [-0.39, 0.29) is 0 Å². The zero-order chi connectivity index (χ0) is 6.85. The van der Waals surface area contributed by atoms with Gasteiger partial charge in [0.05, 0.1) is 0 Å². The first-order valence-corrected chi connectivity index (χ1v) is 3.86. The van der Waals surface area contributed by atoms with E-state index in [0.29, 0.717) is 6.61 Å². The van der Waals surface area contributed by atoms with E-state index in [2.05, 4.69) is 13.8 Å². The zero-order valence-electron chi connectivity index (χ0n) is 6.30. The van der Waals surface area contributed by atoms with E-state index in [0.717, 1.165) is 24.2 Å². The van der Waals surface area contributed by atoms with Gasteiger partial charge in [0.25, 0.3) is 0 Å². The maximum absolute atomic E-state index is 8.60. The number of hydrogen-bond acceptors (Lipinski definition) is 1. The Balaban J connectivity index is 2.11. The van der Waals surface area contributed by atoms with Crippen LogP contribution in [0.25, 0.3) is 0 Å². The van der Waals surface area contributed by atoms with Gasteiger partial charge in [-0.15, -0.1) is 0 Å². The Labute approximate surface area is 57.1 Å². The number of rotatable bonds is 3.